The van der Waals surface area contributed by atoms with E-state index in [1.165, 1.54) is 7.11 Å². The van der Waals surface area contributed by atoms with Crippen molar-refractivity contribution in [1.29, 1.82) is 0 Å². The lowest BCUT2D eigenvalue weighted by Crippen LogP contribution is -1.94. The molecule has 0 atom stereocenters. The lowest BCUT2D eigenvalue weighted by atomic mass is 10.3. The summed E-state index contributed by atoms with van der Waals surface area (Å²) in [7, 11) is 1.48. The average Bonchev–Trinajstić information content (AvgIpc) is 2.72. The number of anilines is 2. The van der Waals surface area contributed by atoms with Crippen molar-refractivity contribution in [2.75, 3.05) is 12.4 Å². The fourth-order valence-corrected chi connectivity index (χ4v) is 1.19. The molecule has 1 heterocycles. The number of hydrogen-bond donors (Lipinski definition) is 1. The zero-order chi connectivity index (χ0) is 12.3. The van der Waals surface area contributed by atoms with Gasteiger partial charge in [0.2, 0.25) is 5.89 Å². The molecule has 90 valence electrons. The summed E-state index contributed by atoms with van der Waals surface area (Å²) in [6.45, 7) is 0.153. The highest BCUT2D eigenvalue weighted by Gasteiger charge is 2.09. The molecule has 0 saturated heterocycles. The Labute approximate surface area is 95.4 Å². The van der Waals surface area contributed by atoms with E-state index in [9.17, 15) is 8.78 Å². The monoisotopic (exact) mass is 241 g/mol. The van der Waals surface area contributed by atoms with Crippen molar-refractivity contribution in [2.24, 2.45) is 0 Å². The number of aromatic nitrogens is 2. The van der Waals surface area contributed by atoms with Crippen LogP contribution in [0, 0.1) is 11.6 Å². The van der Waals surface area contributed by atoms with Gasteiger partial charge in [-0.05, 0) is 12.1 Å². The first-order chi connectivity index (χ1) is 8.19. The van der Waals surface area contributed by atoms with Gasteiger partial charge in [-0.1, -0.05) is 5.10 Å². The van der Waals surface area contributed by atoms with Crippen LogP contribution in [-0.4, -0.2) is 17.3 Å². The van der Waals surface area contributed by atoms with E-state index in [-0.39, 0.29) is 24.2 Å². The van der Waals surface area contributed by atoms with Crippen LogP contribution in [0.2, 0.25) is 0 Å². The molecule has 0 aliphatic rings. The summed E-state index contributed by atoms with van der Waals surface area (Å²) in [6, 6.07) is 2.99. The lowest BCUT2D eigenvalue weighted by Gasteiger charge is -2.02. The summed E-state index contributed by atoms with van der Waals surface area (Å²) in [5, 5.41) is 9.72. The van der Waals surface area contributed by atoms with Crippen molar-refractivity contribution in [1.82, 2.24) is 10.2 Å². The molecular weight excluding hydrogens is 232 g/mol. The normalized spacial score (nSPS) is 10.5. The molecule has 0 radical (unpaired) electrons. The molecule has 2 rings (SSSR count). The van der Waals surface area contributed by atoms with E-state index in [1.54, 1.807) is 0 Å². The fraction of sp³-hybridized carbons (Fsp3) is 0.200. The number of ether oxygens (including phenoxy) is 1. The van der Waals surface area contributed by atoms with Gasteiger partial charge in [0, 0.05) is 13.2 Å². The third-order valence-corrected chi connectivity index (χ3v) is 1.90. The number of rotatable bonds is 4. The van der Waals surface area contributed by atoms with E-state index < -0.39 is 11.6 Å². The maximum absolute atomic E-state index is 13.3. The quantitative estimate of drug-likeness (QED) is 0.889. The minimum absolute atomic E-state index is 0.0263. The molecule has 0 aliphatic carbocycles. The Morgan fingerprint density at radius 2 is 2.18 bits per heavy atom. The van der Waals surface area contributed by atoms with E-state index in [0.29, 0.717) is 0 Å². The highest BCUT2D eigenvalue weighted by Crippen LogP contribution is 2.20. The first-order valence-corrected chi connectivity index (χ1v) is 4.72. The van der Waals surface area contributed by atoms with Crippen molar-refractivity contribution >= 4 is 11.7 Å². The molecule has 0 fully saturated rings. The van der Waals surface area contributed by atoms with Crippen LogP contribution in [0.1, 0.15) is 5.89 Å². The van der Waals surface area contributed by atoms with Gasteiger partial charge in [0.1, 0.15) is 18.2 Å². The van der Waals surface area contributed by atoms with Gasteiger partial charge in [0.05, 0.1) is 5.69 Å². The molecule has 1 N–H and O–H groups in total. The average molecular weight is 241 g/mol. The number of benzene rings is 1. The predicted octanol–water partition coefficient (Wildman–Crippen LogP) is 2.24. The minimum Gasteiger partial charge on any atom is -0.405 e. The number of methoxy groups -OCH3 is 1. The maximum Gasteiger partial charge on any atom is 0.320 e. The van der Waals surface area contributed by atoms with E-state index in [1.807, 2.05) is 0 Å². The van der Waals surface area contributed by atoms with E-state index in [0.717, 1.165) is 18.2 Å². The molecular formula is C10H9F2N3O2. The Morgan fingerprint density at radius 3 is 2.94 bits per heavy atom. The third kappa shape index (κ3) is 2.76. The van der Waals surface area contributed by atoms with Crippen LogP contribution in [0.3, 0.4) is 0 Å². The number of hydrogen-bond acceptors (Lipinski definition) is 5. The van der Waals surface area contributed by atoms with Gasteiger partial charge in [0.15, 0.2) is 0 Å². The highest BCUT2D eigenvalue weighted by atomic mass is 19.1. The summed E-state index contributed by atoms with van der Waals surface area (Å²) in [6.07, 6.45) is 0. The summed E-state index contributed by atoms with van der Waals surface area (Å²) in [4.78, 5) is 0. The Balaban J connectivity index is 2.16. The molecule has 0 spiro atoms. The lowest BCUT2D eigenvalue weighted by molar-refractivity contribution is 0.160. The molecule has 7 heteroatoms. The number of halogens is 2. The molecule has 5 nitrogen and oxygen atoms in total. The van der Waals surface area contributed by atoms with Gasteiger partial charge in [-0.3, -0.25) is 0 Å². The van der Waals surface area contributed by atoms with Crippen molar-refractivity contribution in [3.8, 4) is 0 Å². The van der Waals surface area contributed by atoms with Gasteiger partial charge in [-0.2, -0.15) is 0 Å². The Morgan fingerprint density at radius 1 is 1.35 bits per heavy atom. The third-order valence-electron chi connectivity index (χ3n) is 1.90. The van der Waals surface area contributed by atoms with Crippen LogP contribution in [-0.2, 0) is 11.3 Å². The largest absolute Gasteiger partial charge is 0.405 e. The van der Waals surface area contributed by atoms with E-state index in [2.05, 4.69) is 15.5 Å². The molecule has 0 amide bonds. The minimum atomic E-state index is -0.613. The van der Waals surface area contributed by atoms with Crippen LogP contribution in [0.25, 0.3) is 0 Å². The van der Waals surface area contributed by atoms with Gasteiger partial charge >= 0.3 is 6.01 Å². The Kier molecular flexibility index (Phi) is 3.29. The van der Waals surface area contributed by atoms with Crippen LogP contribution >= 0.6 is 0 Å². The van der Waals surface area contributed by atoms with Crippen LogP contribution in [0.15, 0.2) is 22.6 Å². The Bertz CT molecular complexity index is 516. The van der Waals surface area contributed by atoms with Gasteiger partial charge in [-0.15, -0.1) is 5.10 Å². The molecule has 0 aliphatic heterocycles. The summed E-state index contributed by atoms with van der Waals surface area (Å²) >= 11 is 0. The Hall–Kier alpha value is -2.02. The van der Waals surface area contributed by atoms with Crippen molar-refractivity contribution in [3.05, 3.63) is 35.7 Å². The number of nitrogens with one attached hydrogen (secondary N) is 1. The van der Waals surface area contributed by atoms with Crippen molar-refractivity contribution in [2.45, 2.75) is 6.61 Å². The zero-order valence-electron chi connectivity index (χ0n) is 8.91. The maximum atomic E-state index is 13.3. The highest BCUT2D eigenvalue weighted by molar-refractivity contribution is 5.52. The fourth-order valence-electron chi connectivity index (χ4n) is 1.19. The van der Waals surface area contributed by atoms with Crippen LogP contribution in [0.5, 0.6) is 0 Å². The van der Waals surface area contributed by atoms with E-state index >= 15 is 0 Å². The molecule has 1 aromatic heterocycles. The zero-order valence-corrected chi connectivity index (χ0v) is 8.91. The second kappa shape index (κ2) is 4.88. The topological polar surface area (TPSA) is 60.2 Å². The first kappa shape index (κ1) is 11.5. The molecule has 2 aromatic rings. The van der Waals surface area contributed by atoms with E-state index in [4.69, 9.17) is 9.15 Å². The summed E-state index contributed by atoms with van der Waals surface area (Å²) in [5.41, 5.74) is -0.0717. The van der Waals surface area contributed by atoms with Crippen molar-refractivity contribution in [3.63, 3.8) is 0 Å². The molecule has 0 bridgehead atoms. The first-order valence-electron chi connectivity index (χ1n) is 4.72. The number of nitrogens with zero attached hydrogens (tertiary/aromatic N) is 2. The molecule has 1 aromatic carbocycles. The second-order valence-electron chi connectivity index (χ2n) is 3.18. The molecule has 0 unspecified atom stereocenters. The smallest absolute Gasteiger partial charge is 0.320 e. The van der Waals surface area contributed by atoms with Crippen LogP contribution < -0.4 is 5.32 Å². The summed E-state index contributed by atoms with van der Waals surface area (Å²) < 4.78 is 36.0. The standard InChI is InChI=1S/C10H9F2N3O2/c1-16-5-9-14-15-10(17-9)13-8-4-6(11)2-3-7(8)12/h2-4H,5H2,1H3,(H,13,15). The SMILES string of the molecule is COCc1nnc(Nc2cc(F)ccc2F)o1. The van der Waals surface area contributed by atoms with Gasteiger partial charge in [-0.25, -0.2) is 8.78 Å². The second-order valence-corrected chi connectivity index (χ2v) is 3.18. The predicted molar refractivity (Wildman–Crippen MR) is 54.7 cm³/mol. The van der Waals surface area contributed by atoms with Crippen molar-refractivity contribution < 1.29 is 17.9 Å². The molecule has 0 saturated carbocycles. The van der Waals surface area contributed by atoms with Gasteiger partial charge in [0.25, 0.3) is 0 Å². The van der Waals surface area contributed by atoms with Gasteiger partial charge < -0.3 is 14.5 Å². The van der Waals surface area contributed by atoms with Crippen LogP contribution in [0.4, 0.5) is 20.5 Å². The molecule has 17 heavy (non-hydrogen) atoms. The summed E-state index contributed by atoms with van der Waals surface area (Å²) in [5.74, 6) is -0.935.